The number of hydrogen-bond acceptors (Lipinski definition) is 0. The molecule has 0 amide bonds. The quantitative estimate of drug-likeness (QED) is 0.540. The van der Waals surface area contributed by atoms with E-state index in [1.165, 1.54) is 5.56 Å². The minimum Gasteiger partial charge on any atom is -0.114 e. The van der Waals surface area contributed by atoms with Crippen molar-refractivity contribution in [3.63, 3.8) is 0 Å². The Kier molecular flexibility index (Phi) is 5.94. The van der Waals surface area contributed by atoms with Crippen molar-refractivity contribution in [3.05, 3.63) is 41.7 Å². The molecule has 0 aliphatic carbocycles. The third-order valence-electron chi connectivity index (χ3n) is 1.09. The van der Waals surface area contributed by atoms with Crippen molar-refractivity contribution in [2.24, 2.45) is 0 Å². The van der Waals surface area contributed by atoms with Crippen LogP contribution in [-0.2, 0) is 0 Å². The van der Waals surface area contributed by atoms with E-state index in [-0.39, 0.29) is 24.0 Å². The Bertz CT molecular complexity index is 194. The molecular weight excluding hydrogens is 254 g/mol. The molecule has 0 saturated heterocycles. The summed E-state index contributed by atoms with van der Waals surface area (Å²) in [5.74, 6) is 1.95. The molecule has 2 heteroatoms. The molecule has 0 heterocycles. The summed E-state index contributed by atoms with van der Waals surface area (Å²) in [6.45, 7) is 0. The summed E-state index contributed by atoms with van der Waals surface area (Å²) >= 11 is 0. The molecule has 54 valence electrons. The second kappa shape index (κ2) is 5.87. The maximum absolute atomic E-state index is 2.55. The van der Waals surface area contributed by atoms with Gasteiger partial charge in [-0.3, -0.25) is 0 Å². The Balaban J connectivity index is 0.000000810. The first-order valence-electron chi connectivity index (χ1n) is 2.87. The molecule has 1 unspecified atom stereocenters. The molecule has 0 N–H and O–H groups in total. The van der Waals surface area contributed by atoms with E-state index in [9.17, 15) is 0 Å². The Morgan fingerprint density at radius 1 is 1.10 bits per heavy atom. The van der Waals surface area contributed by atoms with Crippen LogP contribution >= 0.6 is 33.2 Å². The number of benzene rings is 1. The average molecular weight is 264 g/mol. The predicted molar refractivity (Wildman–Crippen MR) is 60.6 cm³/mol. The van der Waals surface area contributed by atoms with Crippen molar-refractivity contribution in [3.8, 4) is 0 Å². The van der Waals surface area contributed by atoms with E-state index >= 15 is 0 Å². The average Bonchev–Trinajstić information content (AvgIpc) is 1.91. The van der Waals surface area contributed by atoms with Crippen LogP contribution < -0.4 is 0 Å². The van der Waals surface area contributed by atoms with Gasteiger partial charge in [0.25, 0.3) is 0 Å². The maximum atomic E-state index is 2.55. The first-order valence-corrected chi connectivity index (χ1v) is 3.53. The van der Waals surface area contributed by atoms with Crippen LogP contribution in [0.2, 0.25) is 0 Å². The number of rotatable bonds is 1. The Labute approximate surface area is 80.9 Å². The smallest absolute Gasteiger partial charge is 0.0256 e. The highest BCUT2D eigenvalue weighted by atomic mass is 127. The van der Waals surface area contributed by atoms with Crippen molar-refractivity contribution in [2.75, 3.05) is 0 Å². The summed E-state index contributed by atoms with van der Waals surface area (Å²) in [4.78, 5) is 0. The van der Waals surface area contributed by atoms with Gasteiger partial charge in [0.1, 0.15) is 0 Å². The first-order chi connectivity index (χ1) is 4.43. The topological polar surface area (TPSA) is 0 Å². The van der Waals surface area contributed by atoms with Crippen LogP contribution in [-0.4, -0.2) is 0 Å². The second-order valence-corrected chi connectivity index (χ2v) is 2.15. The van der Waals surface area contributed by atoms with Crippen LogP contribution in [0.3, 0.4) is 0 Å². The molecule has 1 aromatic rings. The molecule has 1 atom stereocenters. The van der Waals surface area contributed by atoms with E-state index in [0.29, 0.717) is 0 Å². The van der Waals surface area contributed by atoms with E-state index in [1.54, 1.807) is 0 Å². The summed E-state index contributed by atoms with van der Waals surface area (Å²) < 4.78 is 0. The van der Waals surface area contributed by atoms with Gasteiger partial charge in [0.15, 0.2) is 0 Å². The van der Waals surface area contributed by atoms with Gasteiger partial charge in [-0.2, -0.15) is 0 Å². The lowest BCUT2D eigenvalue weighted by atomic mass is 10.2. The van der Waals surface area contributed by atoms with E-state index in [4.69, 9.17) is 0 Å². The third kappa shape index (κ3) is 3.33. The molecule has 1 aromatic carbocycles. The van der Waals surface area contributed by atoms with Crippen molar-refractivity contribution in [1.29, 1.82) is 0 Å². The van der Waals surface area contributed by atoms with Crippen LogP contribution in [0.1, 0.15) is 5.56 Å². The Morgan fingerprint density at radius 3 is 2.20 bits per heavy atom. The third-order valence-corrected chi connectivity index (χ3v) is 1.28. The van der Waals surface area contributed by atoms with E-state index in [0.717, 1.165) is 0 Å². The van der Waals surface area contributed by atoms with Gasteiger partial charge in [-0.25, -0.2) is 0 Å². The lowest BCUT2D eigenvalue weighted by Crippen LogP contribution is -1.64. The number of hydrogen-bond donors (Lipinski definition) is 0. The normalized spacial score (nSPS) is 9.30. The van der Waals surface area contributed by atoms with Gasteiger partial charge < -0.3 is 0 Å². The predicted octanol–water partition coefficient (Wildman–Crippen LogP) is 3.15. The zero-order valence-corrected chi connectivity index (χ0v) is 9.01. The molecule has 0 aromatic heterocycles. The van der Waals surface area contributed by atoms with E-state index in [2.05, 4.69) is 21.4 Å². The molecule has 0 saturated carbocycles. The molecule has 0 aliphatic heterocycles. The fourth-order valence-electron chi connectivity index (χ4n) is 0.675. The SMILES string of the molecule is I.PC=Cc1ccccc1. The second-order valence-electron chi connectivity index (χ2n) is 1.77. The molecular formula is C8H10IP. The molecule has 0 aliphatic rings. The molecule has 0 fully saturated rings. The maximum Gasteiger partial charge on any atom is -0.0256 e. The lowest BCUT2D eigenvalue weighted by molar-refractivity contribution is 1.67. The highest BCUT2D eigenvalue weighted by Crippen LogP contribution is 2.01. The molecule has 0 nitrogen and oxygen atoms in total. The number of halogens is 1. The van der Waals surface area contributed by atoms with Crippen molar-refractivity contribution in [1.82, 2.24) is 0 Å². The molecule has 0 radical (unpaired) electrons. The molecule has 10 heavy (non-hydrogen) atoms. The molecule has 0 spiro atoms. The van der Waals surface area contributed by atoms with Gasteiger partial charge >= 0.3 is 0 Å². The van der Waals surface area contributed by atoms with Gasteiger partial charge in [0.05, 0.1) is 0 Å². The minimum atomic E-state index is 0. The monoisotopic (exact) mass is 264 g/mol. The van der Waals surface area contributed by atoms with Crippen molar-refractivity contribution < 1.29 is 0 Å². The summed E-state index contributed by atoms with van der Waals surface area (Å²) in [6.07, 6.45) is 2.05. The standard InChI is InChI=1S/C8H9P.HI/c9-7-6-8-4-2-1-3-5-8;/h1-7H,9H2;1H. The highest BCUT2D eigenvalue weighted by Gasteiger charge is 1.77. The van der Waals surface area contributed by atoms with E-state index in [1.807, 2.05) is 30.1 Å². The van der Waals surface area contributed by atoms with Crippen LogP contribution in [0.4, 0.5) is 0 Å². The fourth-order valence-corrected chi connectivity index (χ4v) is 0.897. The van der Waals surface area contributed by atoms with Crippen LogP contribution in [0, 0.1) is 0 Å². The minimum absolute atomic E-state index is 0. The first kappa shape index (κ1) is 10.1. The summed E-state index contributed by atoms with van der Waals surface area (Å²) in [7, 11) is 2.55. The van der Waals surface area contributed by atoms with Crippen molar-refractivity contribution in [2.45, 2.75) is 0 Å². The van der Waals surface area contributed by atoms with Crippen LogP contribution in [0.5, 0.6) is 0 Å². The Hall–Kier alpha value is 0.120. The van der Waals surface area contributed by atoms with E-state index < -0.39 is 0 Å². The zero-order chi connectivity index (χ0) is 6.53. The highest BCUT2D eigenvalue weighted by molar-refractivity contribution is 14.0. The summed E-state index contributed by atoms with van der Waals surface area (Å²) in [5, 5.41) is 0. The Morgan fingerprint density at radius 2 is 1.70 bits per heavy atom. The summed E-state index contributed by atoms with van der Waals surface area (Å²) in [6, 6.07) is 10.2. The van der Waals surface area contributed by atoms with Gasteiger partial charge in [-0.1, -0.05) is 42.2 Å². The zero-order valence-electron chi connectivity index (χ0n) is 5.53. The van der Waals surface area contributed by atoms with Gasteiger partial charge in [-0.15, -0.1) is 33.2 Å². The van der Waals surface area contributed by atoms with Gasteiger partial charge in [0.2, 0.25) is 0 Å². The van der Waals surface area contributed by atoms with Crippen LogP contribution in [0.25, 0.3) is 6.08 Å². The van der Waals surface area contributed by atoms with Gasteiger partial charge in [-0.05, 0) is 5.56 Å². The molecule has 0 bridgehead atoms. The lowest BCUT2D eigenvalue weighted by Gasteiger charge is -1.86. The molecule has 1 rings (SSSR count). The van der Waals surface area contributed by atoms with Crippen LogP contribution in [0.15, 0.2) is 36.1 Å². The largest absolute Gasteiger partial charge is 0.114 e. The van der Waals surface area contributed by atoms with Crippen molar-refractivity contribution >= 4 is 39.3 Å². The van der Waals surface area contributed by atoms with Gasteiger partial charge in [0, 0.05) is 0 Å². The fraction of sp³-hybridized carbons (Fsp3) is 0. The summed E-state index contributed by atoms with van der Waals surface area (Å²) in [5.41, 5.74) is 1.24.